The molecule has 0 unspecified atom stereocenters. The van der Waals surface area contributed by atoms with E-state index in [0.29, 0.717) is 6.61 Å². The van der Waals surface area contributed by atoms with Gasteiger partial charge in [0.2, 0.25) is 0 Å². The summed E-state index contributed by atoms with van der Waals surface area (Å²) in [4.78, 5) is 18.3. The smallest absolute Gasteiger partial charge is 0.159 e. The highest BCUT2D eigenvalue weighted by atomic mass is 16.5. The second-order valence-corrected chi connectivity index (χ2v) is 13.4. The van der Waals surface area contributed by atoms with Gasteiger partial charge in [-0.3, -0.25) is 0 Å². The first-order chi connectivity index (χ1) is 24.2. The predicted molar refractivity (Wildman–Crippen MR) is 203 cm³/mol. The lowest BCUT2D eigenvalue weighted by atomic mass is 10.0. The average molecular weight is 665 g/mol. The molecule has 0 bridgehead atoms. The molecule has 0 amide bonds. The van der Waals surface area contributed by atoms with Crippen LogP contribution < -0.4 is 9.47 Å². The Labute approximate surface area is 296 Å². The van der Waals surface area contributed by atoms with E-state index in [1.807, 2.05) is 36.7 Å². The first-order valence-electron chi connectivity index (χ1n) is 19.3. The Morgan fingerprint density at radius 2 is 0.796 bits per heavy atom. The number of nitrogens with zero attached hydrogens (tertiary/aromatic N) is 4. The van der Waals surface area contributed by atoms with Gasteiger partial charge in [-0.15, -0.1) is 0 Å². The van der Waals surface area contributed by atoms with Crippen molar-refractivity contribution in [3.63, 3.8) is 0 Å². The van der Waals surface area contributed by atoms with E-state index < -0.39 is 0 Å². The summed E-state index contributed by atoms with van der Waals surface area (Å²) in [7, 11) is 0. The van der Waals surface area contributed by atoms with E-state index in [1.165, 1.54) is 94.6 Å². The standard InChI is InChI=1S/C43H60N4O2/c1-3-5-7-9-12-16-20-36-22-24-38(25-23-36)43-46-34-41(35-47-43)49-31-19-15-11-14-18-30-48-40-28-26-39(27-29-40)42-44-32-37(33-45-42)21-17-13-10-8-6-4-2/h22-29,32-35H,3-21,30-31H2,1-2H3. The summed E-state index contributed by atoms with van der Waals surface area (Å²) < 4.78 is 11.9. The molecular weight excluding hydrogens is 604 g/mol. The van der Waals surface area contributed by atoms with E-state index in [2.05, 4.69) is 58.0 Å². The van der Waals surface area contributed by atoms with Crippen LogP contribution in [0.3, 0.4) is 0 Å². The van der Waals surface area contributed by atoms with Crippen molar-refractivity contribution in [2.24, 2.45) is 0 Å². The molecule has 0 aliphatic heterocycles. The summed E-state index contributed by atoms with van der Waals surface area (Å²) in [5.74, 6) is 3.14. The molecule has 0 saturated carbocycles. The number of hydrogen-bond donors (Lipinski definition) is 0. The highest BCUT2D eigenvalue weighted by Crippen LogP contribution is 2.21. The van der Waals surface area contributed by atoms with Crippen LogP contribution in [0.15, 0.2) is 73.3 Å². The minimum Gasteiger partial charge on any atom is -0.494 e. The minimum atomic E-state index is 0.685. The first kappa shape index (κ1) is 38.0. The Morgan fingerprint density at radius 1 is 0.388 bits per heavy atom. The summed E-state index contributed by atoms with van der Waals surface area (Å²) in [6.07, 6.45) is 31.1. The number of unbranched alkanes of at least 4 members (excludes halogenated alkanes) is 14. The van der Waals surface area contributed by atoms with Crippen molar-refractivity contribution in [1.29, 1.82) is 0 Å². The van der Waals surface area contributed by atoms with Crippen molar-refractivity contribution >= 4 is 0 Å². The quantitative estimate of drug-likeness (QED) is 0.0622. The molecule has 6 nitrogen and oxygen atoms in total. The normalized spacial score (nSPS) is 11.1. The fourth-order valence-corrected chi connectivity index (χ4v) is 6.03. The van der Waals surface area contributed by atoms with E-state index in [4.69, 9.17) is 9.47 Å². The molecule has 264 valence electrons. The number of rotatable bonds is 26. The molecule has 0 aliphatic carbocycles. The maximum Gasteiger partial charge on any atom is 0.159 e. The predicted octanol–water partition coefficient (Wildman–Crippen LogP) is 11.8. The Bertz CT molecular complexity index is 1280. The van der Waals surface area contributed by atoms with Crippen LogP contribution in [0, 0.1) is 0 Å². The van der Waals surface area contributed by atoms with E-state index >= 15 is 0 Å². The van der Waals surface area contributed by atoms with Crippen molar-refractivity contribution < 1.29 is 9.47 Å². The topological polar surface area (TPSA) is 70.0 Å². The molecule has 0 aliphatic rings. The highest BCUT2D eigenvalue weighted by molar-refractivity contribution is 5.56. The van der Waals surface area contributed by atoms with Crippen LogP contribution in [0.5, 0.6) is 11.5 Å². The zero-order valence-corrected chi connectivity index (χ0v) is 30.4. The molecule has 0 spiro atoms. The molecule has 0 radical (unpaired) electrons. The molecule has 0 atom stereocenters. The summed E-state index contributed by atoms with van der Waals surface area (Å²) in [6.45, 7) is 5.94. The number of aromatic nitrogens is 4. The van der Waals surface area contributed by atoms with E-state index in [9.17, 15) is 0 Å². The summed E-state index contributed by atoms with van der Waals surface area (Å²) in [5, 5.41) is 0. The third kappa shape index (κ3) is 15.1. The first-order valence-corrected chi connectivity index (χ1v) is 19.3. The lowest BCUT2D eigenvalue weighted by Gasteiger charge is -2.08. The van der Waals surface area contributed by atoms with Crippen molar-refractivity contribution in [3.8, 4) is 34.3 Å². The van der Waals surface area contributed by atoms with Gasteiger partial charge in [0, 0.05) is 23.5 Å². The van der Waals surface area contributed by atoms with E-state index in [1.54, 1.807) is 12.4 Å². The maximum absolute atomic E-state index is 5.98. The van der Waals surface area contributed by atoms with Crippen molar-refractivity contribution in [3.05, 3.63) is 84.4 Å². The molecule has 2 aromatic carbocycles. The molecule has 0 N–H and O–H groups in total. The third-order valence-electron chi connectivity index (χ3n) is 9.12. The summed E-state index contributed by atoms with van der Waals surface area (Å²) >= 11 is 0. The van der Waals surface area contributed by atoms with Crippen molar-refractivity contribution in [1.82, 2.24) is 19.9 Å². The van der Waals surface area contributed by atoms with Gasteiger partial charge in [0.25, 0.3) is 0 Å². The van der Waals surface area contributed by atoms with Crippen LogP contribution in [0.4, 0.5) is 0 Å². The fourth-order valence-electron chi connectivity index (χ4n) is 6.03. The molecule has 0 fully saturated rings. The number of hydrogen-bond acceptors (Lipinski definition) is 6. The van der Waals surface area contributed by atoms with Gasteiger partial charge < -0.3 is 9.47 Å². The van der Waals surface area contributed by atoms with E-state index in [-0.39, 0.29) is 0 Å². The number of ether oxygens (including phenoxy) is 2. The molecule has 6 heteroatoms. The Kier molecular flexibility index (Phi) is 18.3. The van der Waals surface area contributed by atoms with Gasteiger partial charge in [0.1, 0.15) is 5.75 Å². The van der Waals surface area contributed by atoms with Gasteiger partial charge in [-0.05, 0) is 73.9 Å². The van der Waals surface area contributed by atoms with Gasteiger partial charge in [-0.25, -0.2) is 19.9 Å². The van der Waals surface area contributed by atoms with Crippen LogP contribution in [-0.2, 0) is 12.8 Å². The van der Waals surface area contributed by atoms with Crippen LogP contribution in [0.2, 0.25) is 0 Å². The van der Waals surface area contributed by atoms with Gasteiger partial charge in [-0.1, -0.05) is 122 Å². The SMILES string of the molecule is CCCCCCCCc1ccc(-c2ncc(OCCCCCCCOc3ccc(-c4ncc(CCCCCCCC)cn4)cc3)cn2)cc1. The second kappa shape index (κ2) is 23.5. The minimum absolute atomic E-state index is 0.685. The lowest BCUT2D eigenvalue weighted by molar-refractivity contribution is 0.292. The second-order valence-electron chi connectivity index (χ2n) is 13.4. The fraction of sp³-hybridized carbons (Fsp3) is 0.535. The third-order valence-corrected chi connectivity index (χ3v) is 9.12. The van der Waals surface area contributed by atoms with Gasteiger partial charge >= 0.3 is 0 Å². The van der Waals surface area contributed by atoms with Crippen LogP contribution in [0.1, 0.15) is 134 Å². The van der Waals surface area contributed by atoms with Crippen molar-refractivity contribution in [2.45, 2.75) is 136 Å². The molecule has 2 aromatic heterocycles. The highest BCUT2D eigenvalue weighted by Gasteiger charge is 2.05. The van der Waals surface area contributed by atoms with Crippen LogP contribution in [-0.4, -0.2) is 33.1 Å². The summed E-state index contributed by atoms with van der Waals surface area (Å²) in [5.41, 5.74) is 4.69. The molecular formula is C43H60N4O2. The number of aryl methyl sites for hydroxylation is 2. The molecule has 0 saturated heterocycles. The Morgan fingerprint density at radius 3 is 1.33 bits per heavy atom. The average Bonchev–Trinajstić information content (AvgIpc) is 3.15. The van der Waals surface area contributed by atoms with Gasteiger partial charge in [0.15, 0.2) is 17.4 Å². The van der Waals surface area contributed by atoms with Gasteiger partial charge in [-0.2, -0.15) is 0 Å². The van der Waals surface area contributed by atoms with E-state index in [0.717, 1.165) is 79.4 Å². The van der Waals surface area contributed by atoms with Crippen LogP contribution in [0.25, 0.3) is 22.8 Å². The van der Waals surface area contributed by atoms with Gasteiger partial charge in [0.05, 0.1) is 25.6 Å². The monoisotopic (exact) mass is 664 g/mol. The van der Waals surface area contributed by atoms with Crippen molar-refractivity contribution in [2.75, 3.05) is 13.2 Å². The summed E-state index contributed by atoms with van der Waals surface area (Å²) in [6, 6.07) is 16.8. The Balaban J connectivity index is 1.01. The lowest BCUT2D eigenvalue weighted by Crippen LogP contribution is -2.00. The molecule has 49 heavy (non-hydrogen) atoms. The van der Waals surface area contributed by atoms with Crippen LogP contribution >= 0.6 is 0 Å². The zero-order chi connectivity index (χ0) is 34.2. The number of benzene rings is 2. The maximum atomic E-state index is 5.98. The molecule has 4 aromatic rings. The Hall–Kier alpha value is -3.80. The molecule has 2 heterocycles. The molecule has 4 rings (SSSR count). The zero-order valence-electron chi connectivity index (χ0n) is 30.4. The largest absolute Gasteiger partial charge is 0.494 e.